The third-order valence-electron chi connectivity index (χ3n) is 16.9. The van der Waals surface area contributed by atoms with Crippen molar-refractivity contribution in [3.63, 3.8) is 0 Å². The molecule has 0 amide bonds. The summed E-state index contributed by atoms with van der Waals surface area (Å²) in [5, 5.41) is 25.2. The summed E-state index contributed by atoms with van der Waals surface area (Å²) in [6.07, 6.45) is 15.5. The Labute approximate surface area is 398 Å². The molecule has 2 N–H and O–H groups in total. The van der Waals surface area contributed by atoms with Crippen molar-refractivity contribution in [3.05, 3.63) is 113 Å². The van der Waals surface area contributed by atoms with Crippen LogP contribution in [0.25, 0.3) is 44.8 Å². The summed E-state index contributed by atoms with van der Waals surface area (Å²) < 4.78 is 0. The average molecular weight is 917 g/mol. The zero-order chi connectivity index (χ0) is 43.3. The van der Waals surface area contributed by atoms with Crippen molar-refractivity contribution in [1.82, 2.24) is 4.98 Å². The minimum absolute atomic E-state index is 0. The monoisotopic (exact) mass is 915 g/mol. The molecule has 8 aliphatic rings. The van der Waals surface area contributed by atoms with Gasteiger partial charge >= 0.3 is 0 Å². The first kappa shape index (κ1) is 44.7. The predicted molar refractivity (Wildman–Crippen MR) is 258 cm³/mol. The number of rotatable bonds is 6. The number of aromatic hydroxyl groups is 2. The Kier molecular flexibility index (Phi) is 11.7. The molecule has 63 heavy (non-hydrogen) atoms. The maximum absolute atomic E-state index is 12.6. The van der Waals surface area contributed by atoms with Crippen molar-refractivity contribution < 1.29 is 36.4 Å². The number of pyridine rings is 1. The Bertz CT molecular complexity index is 2280. The minimum Gasteiger partial charge on any atom is -0.507 e. The van der Waals surface area contributed by atoms with Crippen molar-refractivity contribution in [1.29, 1.82) is 0 Å². The van der Waals surface area contributed by atoms with E-state index in [2.05, 4.69) is 133 Å². The van der Waals surface area contributed by atoms with Gasteiger partial charge in [0.05, 0.1) is 11.4 Å². The van der Waals surface area contributed by atoms with Crippen LogP contribution < -0.4 is 0 Å². The normalized spacial score (nSPS) is 29.0. The fourth-order valence-corrected chi connectivity index (χ4v) is 14.9. The molecule has 0 aliphatic heterocycles. The van der Waals surface area contributed by atoms with E-state index in [4.69, 9.17) is 4.98 Å². The van der Waals surface area contributed by atoms with Crippen LogP contribution in [-0.4, -0.2) is 15.2 Å². The fourth-order valence-electron chi connectivity index (χ4n) is 14.9. The number of phenolic OH excluding ortho intramolecular Hbond substituents is 2. The van der Waals surface area contributed by atoms with Gasteiger partial charge in [-0.05, 0) is 181 Å². The van der Waals surface area contributed by atoms with Crippen LogP contribution in [0.1, 0.15) is 155 Å². The predicted octanol–water partition coefficient (Wildman–Crippen LogP) is 15.7. The quantitative estimate of drug-likeness (QED) is 0.178. The van der Waals surface area contributed by atoms with E-state index in [1.807, 2.05) is 13.8 Å². The van der Waals surface area contributed by atoms with Crippen LogP contribution in [0.2, 0.25) is 0 Å². The number of aromatic nitrogens is 1. The molecule has 8 bridgehead atoms. The first-order chi connectivity index (χ1) is 29.6. The molecule has 8 saturated carbocycles. The summed E-state index contributed by atoms with van der Waals surface area (Å²) >= 11 is 0. The number of benzene rings is 4. The zero-order valence-corrected chi connectivity index (χ0v) is 41.9. The molecule has 0 radical (unpaired) electrons. The Balaban J connectivity index is 0.00000166. The second kappa shape index (κ2) is 16.4. The number of nitrogens with zero attached hydrogens (tertiary/aromatic N) is 1. The molecule has 1 aromatic heterocycles. The largest absolute Gasteiger partial charge is 0.507 e. The van der Waals surface area contributed by atoms with Crippen LogP contribution in [0.15, 0.2) is 91.0 Å². The summed E-state index contributed by atoms with van der Waals surface area (Å²) in [4.78, 5) is 5.48. The van der Waals surface area contributed by atoms with Crippen LogP contribution in [-0.2, 0) is 47.9 Å². The molecule has 8 fully saturated rings. The maximum Gasteiger partial charge on any atom is 0.127 e. The number of phenols is 2. The Morgan fingerprint density at radius 2 is 0.730 bits per heavy atom. The minimum atomic E-state index is -0.0677. The van der Waals surface area contributed by atoms with Crippen molar-refractivity contribution in [2.24, 2.45) is 35.5 Å². The number of hydrogen-bond acceptors (Lipinski definition) is 3. The van der Waals surface area contributed by atoms with Crippen molar-refractivity contribution in [2.75, 3.05) is 0 Å². The molecule has 0 spiro atoms. The molecule has 4 heteroatoms. The topological polar surface area (TPSA) is 53.4 Å². The van der Waals surface area contributed by atoms with Gasteiger partial charge in [0.1, 0.15) is 11.5 Å². The van der Waals surface area contributed by atoms with Gasteiger partial charge in [-0.15, -0.1) is 0 Å². The third kappa shape index (κ3) is 7.83. The summed E-state index contributed by atoms with van der Waals surface area (Å²) in [6, 6.07) is 32.8. The van der Waals surface area contributed by atoms with Crippen molar-refractivity contribution in [3.8, 4) is 56.3 Å². The molecule has 5 aromatic rings. The molecular formula is C59H71NO2Zr. The standard InChI is InChI=1S/C57H65NO2.C2H6.Zr/c1-54(2,3)40-24-46(52(59)48(26-40)56-28-34-18-35(29-56)20-36(19-34)30-56)42-12-7-9-14-44(42)50-16-11-17-51(58-50)45-15-10-8-13-43(45)47-25-41(55(4,5)6)27-49(53(47)60)57-31-37-21-38(32-57)23-39(22-37)33-57;1-2;/h7-17,24-27,34-39,59-60H,18-23,28-33H2,1-6H3;1-2H3;. The van der Waals surface area contributed by atoms with E-state index in [1.54, 1.807) is 0 Å². The van der Waals surface area contributed by atoms with Crippen molar-refractivity contribution in [2.45, 2.75) is 154 Å². The summed E-state index contributed by atoms with van der Waals surface area (Å²) in [6.45, 7) is 17.8. The van der Waals surface area contributed by atoms with Gasteiger partial charge in [0.15, 0.2) is 0 Å². The fraction of sp³-hybridized carbons (Fsp3) is 0.508. The van der Waals surface area contributed by atoms with Gasteiger partial charge in [-0.3, -0.25) is 0 Å². The molecule has 0 unspecified atom stereocenters. The second-order valence-corrected chi connectivity index (χ2v) is 23.2. The average Bonchev–Trinajstić information content (AvgIpc) is 3.23. The van der Waals surface area contributed by atoms with Gasteiger partial charge in [0.2, 0.25) is 0 Å². The van der Waals surface area contributed by atoms with Crippen LogP contribution in [0.4, 0.5) is 0 Å². The molecule has 3 nitrogen and oxygen atoms in total. The Hall–Kier alpha value is -3.49. The van der Waals surface area contributed by atoms with Crippen LogP contribution in [0.5, 0.6) is 11.5 Å². The molecule has 8 aliphatic carbocycles. The van der Waals surface area contributed by atoms with Gasteiger partial charge in [0, 0.05) is 59.6 Å². The van der Waals surface area contributed by atoms with E-state index in [-0.39, 0.29) is 47.9 Å². The van der Waals surface area contributed by atoms with Crippen molar-refractivity contribution >= 4 is 0 Å². The summed E-state index contributed by atoms with van der Waals surface area (Å²) in [5.41, 5.74) is 12.7. The SMILES string of the molecule is CC.CC(C)(C)c1cc(-c2ccccc2-c2cccc(-c3ccccc3-c3cc(C(C)(C)C)cc(C45CC6CC(CC(C6)C4)C5)c3O)n2)c(O)c(C23CC4CC(CC(C4)C2)C3)c1.[Zr]. The van der Waals surface area contributed by atoms with E-state index in [0.29, 0.717) is 11.5 Å². The van der Waals surface area contributed by atoms with Crippen LogP contribution >= 0.6 is 0 Å². The second-order valence-electron chi connectivity index (χ2n) is 23.2. The van der Waals surface area contributed by atoms with E-state index in [1.165, 1.54) is 99.3 Å². The first-order valence-electron chi connectivity index (χ1n) is 24.6. The van der Waals surface area contributed by atoms with Crippen LogP contribution in [0, 0.1) is 35.5 Å². The van der Waals surface area contributed by atoms with E-state index < -0.39 is 0 Å². The number of hydrogen-bond donors (Lipinski definition) is 2. The molecule has 0 atom stereocenters. The van der Waals surface area contributed by atoms with E-state index in [0.717, 1.165) is 80.3 Å². The Morgan fingerprint density at radius 3 is 1.03 bits per heavy atom. The van der Waals surface area contributed by atoms with Gasteiger partial charge < -0.3 is 10.2 Å². The zero-order valence-electron chi connectivity index (χ0n) is 39.5. The molecule has 0 saturated heterocycles. The van der Waals surface area contributed by atoms with Gasteiger partial charge in [-0.2, -0.15) is 0 Å². The van der Waals surface area contributed by atoms with Gasteiger partial charge in [-0.25, -0.2) is 4.98 Å². The third-order valence-corrected chi connectivity index (χ3v) is 16.9. The summed E-state index contributed by atoms with van der Waals surface area (Å²) in [5.74, 6) is 5.71. The van der Waals surface area contributed by atoms with E-state index >= 15 is 0 Å². The van der Waals surface area contributed by atoms with Gasteiger partial charge in [-0.1, -0.05) is 122 Å². The smallest absolute Gasteiger partial charge is 0.127 e. The first-order valence-corrected chi connectivity index (χ1v) is 24.6. The Morgan fingerprint density at radius 1 is 0.429 bits per heavy atom. The van der Waals surface area contributed by atoms with Gasteiger partial charge in [0.25, 0.3) is 0 Å². The maximum atomic E-state index is 12.6. The molecule has 4 aromatic carbocycles. The summed E-state index contributed by atoms with van der Waals surface area (Å²) in [7, 11) is 0. The van der Waals surface area contributed by atoms with Crippen LogP contribution in [0.3, 0.4) is 0 Å². The molecule has 13 rings (SSSR count). The molecular weight excluding hydrogens is 846 g/mol. The molecule has 328 valence electrons. The van der Waals surface area contributed by atoms with E-state index in [9.17, 15) is 10.2 Å². The molecule has 1 heterocycles.